The molecule has 9 nitrogen and oxygen atoms in total. The van der Waals surface area contributed by atoms with Crippen molar-refractivity contribution in [2.45, 2.75) is 6.61 Å². The van der Waals surface area contributed by atoms with Crippen LogP contribution < -0.4 is 24.8 Å². The van der Waals surface area contributed by atoms with E-state index in [4.69, 9.17) is 37.4 Å². The molecule has 39 heavy (non-hydrogen) atoms. The monoisotopic (exact) mass is 681 g/mol. The summed E-state index contributed by atoms with van der Waals surface area (Å²) < 4.78 is 17.4. The lowest BCUT2D eigenvalue weighted by Crippen LogP contribution is -2.38. The number of anilines is 1. The van der Waals surface area contributed by atoms with E-state index in [9.17, 15) is 14.4 Å². The molecule has 3 aromatic rings. The fraction of sp³-hybridized carbons (Fsp3) is 0.148. The Morgan fingerprint density at radius 3 is 2.51 bits per heavy atom. The summed E-state index contributed by atoms with van der Waals surface area (Å²) in [6.07, 6.45) is 1.50. The number of nitrogens with zero attached hydrogens (tertiary/aromatic N) is 1. The minimum Gasteiger partial charge on any atom is -0.495 e. The number of ether oxygens (including phenoxy) is 3. The number of urea groups is 1. The molecule has 1 fully saturated rings. The summed E-state index contributed by atoms with van der Waals surface area (Å²) in [5.74, 6) is 0.173. The van der Waals surface area contributed by atoms with Crippen molar-refractivity contribution >= 4 is 75.4 Å². The smallest absolute Gasteiger partial charge is 0.329 e. The number of para-hydroxylation sites is 2. The highest BCUT2D eigenvalue weighted by Gasteiger charge is 2.35. The SMILES string of the molecule is COc1ccccc1NC(=O)CN1C(=O)N/C(=C/c2cc(I)c(OCc3ccc(Cl)cc3Cl)c(OC)c2)C1=O. The topological polar surface area (TPSA) is 106 Å². The van der Waals surface area contributed by atoms with Gasteiger partial charge in [0.15, 0.2) is 11.5 Å². The summed E-state index contributed by atoms with van der Waals surface area (Å²) in [5, 5.41) is 6.17. The number of halogens is 3. The van der Waals surface area contributed by atoms with Gasteiger partial charge in [0.25, 0.3) is 5.91 Å². The highest BCUT2D eigenvalue weighted by Crippen LogP contribution is 2.36. The Labute approximate surface area is 248 Å². The van der Waals surface area contributed by atoms with Gasteiger partial charge in [0.05, 0.1) is 23.5 Å². The van der Waals surface area contributed by atoms with Gasteiger partial charge in [0.1, 0.15) is 24.6 Å². The maximum Gasteiger partial charge on any atom is 0.329 e. The number of hydrogen-bond acceptors (Lipinski definition) is 6. The van der Waals surface area contributed by atoms with Crippen LogP contribution in [-0.2, 0) is 16.2 Å². The molecule has 0 unspecified atom stereocenters. The molecule has 3 aromatic carbocycles. The van der Waals surface area contributed by atoms with Crippen molar-refractivity contribution in [1.82, 2.24) is 10.2 Å². The van der Waals surface area contributed by atoms with Crippen LogP contribution in [0.15, 0.2) is 60.3 Å². The number of methoxy groups -OCH3 is 2. The zero-order valence-corrected chi connectivity index (χ0v) is 24.4. The summed E-state index contributed by atoms with van der Waals surface area (Å²) in [6, 6.07) is 14.7. The molecule has 0 bridgehead atoms. The molecule has 4 rings (SSSR count). The number of nitrogens with one attached hydrogen (secondary N) is 2. The van der Waals surface area contributed by atoms with Crippen LogP contribution in [0.25, 0.3) is 6.08 Å². The quantitative estimate of drug-likeness (QED) is 0.170. The summed E-state index contributed by atoms with van der Waals surface area (Å²) in [4.78, 5) is 38.8. The maximum absolute atomic E-state index is 12.9. The third-order valence-electron chi connectivity index (χ3n) is 5.59. The molecule has 1 saturated heterocycles. The van der Waals surface area contributed by atoms with Gasteiger partial charge in [-0.05, 0) is 70.6 Å². The molecule has 0 aliphatic carbocycles. The van der Waals surface area contributed by atoms with Crippen LogP contribution in [0, 0.1) is 3.57 Å². The normalized spacial score (nSPS) is 13.9. The van der Waals surface area contributed by atoms with Gasteiger partial charge in [-0.15, -0.1) is 0 Å². The molecule has 1 heterocycles. The van der Waals surface area contributed by atoms with Crippen molar-refractivity contribution in [1.29, 1.82) is 0 Å². The number of hydrogen-bond donors (Lipinski definition) is 2. The number of carbonyl (C=O) groups excluding carboxylic acids is 3. The predicted octanol–water partition coefficient (Wildman–Crippen LogP) is 5.73. The van der Waals surface area contributed by atoms with E-state index in [1.54, 1.807) is 54.6 Å². The first-order chi connectivity index (χ1) is 18.7. The van der Waals surface area contributed by atoms with E-state index >= 15 is 0 Å². The summed E-state index contributed by atoms with van der Waals surface area (Å²) >= 11 is 14.3. The summed E-state index contributed by atoms with van der Waals surface area (Å²) in [5.41, 5.74) is 1.77. The first-order valence-corrected chi connectivity index (χ1v) is 13.2. The second-order valence-corrected chi connectivity index (χ2v) is 10.2. The Morgan fingerprint density at radius 2 is 1.79 bits per heavy atom. The first kappa shape index (κ1) is 28.5. The van der Waals surface area contributed by atoms with E-state index in [2.05, 4.69) is 33.2 Å². The first-order valence-electron chi connectivity index (χ1n) is 11.4. The fourth-order valence-corrected chi connectivity index (χ4v) is 4.96. The molecule has 0 spiro atoms. The summed E-state index contributed by atoms with van der Waals surface area (Å²) in [6.45, 7) is -0.288. The van der Waals surface area contributed by atoms with Gasteiger partial charge in [0, 0.05) is 15.6 Å². The number of imide groups is 1. The van der Waals surface area contributed by atoms with E-state index < -0.39 is 24.4 Å². The van der Waals surface area contributed by atoms with E-state index in [1.165, 1.54) is 20.3 Å². The molecular weight excluding hydrogens is 660 g/mol. The number of rotatable bonds is 9. The van der Waals surface area contributed by atoms with Crippen molar-refractivity contribution in [3.05, 3.63) is 85.0 Å². The molecule has 1 aliphatic rings. The molecule has 12 heteroatoms. The van der Waals surface area contributed by atoms with Gasteiger partial charge in [-0.3, -0.25) is 9.59 Å². The van der Waals surface area contributed by atoms with E-state index in [1.807, 2.05) is 0 Å². The summed E-state index contributed by atoms with van der Waals surface area (Å²) in [7, 11) is 2.97. The predicted molar refractivity (Wildman–Crippen MR) is 156 cm³/mol. The minimum atomic E-state index is -0.706. The number of benzene rings is 3. The zero-order valence-electron chi connectivity index (χ0n) is 20.7. The van der Waals surface area contributed by atoms with Crippen molar-refractivity contribution < 1.29 is 28.6 Å². The van der Waals surface area contributed by atoms with Gasteiger partial charge in [-0.2, -0.15) is 0 Å². The van der Waals surface area contributed by atoms with Crippen molar-refractivity contribution in [3.8, 4) is 17.2 Å². The van der Waals surface area contributed by atoms with Gasteiger partial charge >= 0.3 is 6.03 Å². The molecule has 4 amide bonds. The van der Waals surface area contributed by atoms with Crippen LogP contribution in [0.3, 0.4) is 0 Å². The highest BCUT2D eigenvalue weighted by atomic mass is 127. The van der Waals surface area contributed by atoms with Crippen molar-refractivity contribution in [2.75, 3.05) is 26.1 Å². The van der Waals surface area contributed by atoms with Crippen LogP contribution in [0.2, 0.25) is 10.0 Å². The number of carbonyl (C=O) groups is 3. The van der Waals surface area contributed by atoms with Crippen LogP contribution in [0.5, 0.6) is 17.2 Å². The highest BCUT2D eigenvalue weighted by molar-refractivity contribution is 14.1. The number of amides is 4. The second kappa shape index (κ2) is 12.6. The van der Waals surface area contributed by atoms with Crippen LogP contribution in [-0.4, -0.2) is 43.5 Å². The van der Waals surface area contributed by atoms with Crippen LogP contribution in [0.4, 0.5) is 10.5 Å². The van der Waals surface area contributed by atoms with E-state index in [-0.39, 0.29) is 12.3 Å². The molecule has 1 aliphatic heterocycles. The Kier molecular flexibility index (Phi) is 9.20. The molecule has 0 saturated carbocycles. The lowest BCUT2D eigenvalue weighted by Gasteiger charge is -2.14. The lowest BCUT2D eigenvalue weighted by molar-refractivity contribution is -0.127. The third-order valence-corrected chi connectivity index (χ3v) is 6.98. The van der Waals surface area contributed by atoms with E-state index in [0.29, 0.717) is 42.1 Å². The molecular formula is C27H22Cl2IN3O6. The van der Waals surface area contributed by atoms with Gasteiger partial charge in [-0.1, -0.05) is 41.4 Å². The Balaban J connectivity index is 1.48. The fourth-order valence-electron chi connectivity index (χ4n) is 3.71. The standard InChI is InChI=1S/C27H22Cl2IN3O6/c1-37-22-6-4-3-5-20(22)31-24(34)13-33-26(35)21(32-27(33)36)10-15-9-19(30)25(23(11-15)38-2)39-14-16-7-8-17(28)12-18(16)29/h3-12H,13-14H2,1-2H3,(H,31,34)(H,32,36)/b21-10+. The second-order valence-electron chi connectivity index (χ2n) is 8.19. The molecule has 202 valence electrons. The average Bonchev–Trinajstić information content (AvgIpc) is 3.16. The van der Waals surface area contributed by atoms with Crippen LogP contribution in [0.1, 0.15) is 11.1 Å². The Morgan fingerprint density at radius 1 is 1.05 bits per heavy atom. The Hall–Kier alpha value is -3.48. The molecule has 0 radical (unpaired) electrons. The van der Waals surface area contributed by atoms with Gasteiger partial charge in [-0.25, -0.2) is 9.69 Å². The van der Waals surface area contributed by atoms with Crippen molar-refractivity contribution in [3.63, 3.8) is 0 Å². The zero-order chi connectivity index (χ0) is 28.1. The van der Waals surface area contributed by atoms with Gasteiger partial charge < -0.3 is 24.8 Å². The average molecular weight is 682 g/mol. The van der Waals surface area contributed by atoms with E-state index in [0.717, 1.165) is 10.5 Å². The lowest BCUT2D eigenvalue weighted by atomic mass is 10.1. The van der Waals surface area contributed by atoms with Crippen LogP contribution >= 0.6 is 45.8 Å². The largest absolute Gasteiger partial charge is 0.495 e. The van der Waals surface area contributed by atoms with Crippen molar-refractivity contribution in [2.24, 2.45) is 0 Å². The molecule has 0 aromatic heterocycles. The van der Waals surface area contributed by atoms with Gasteiger partial charge in [0.2, 0.25) is 5.91 Å². The molecule has 0 atom stereocenters. The minimum absolute atomic E-state index is 0.0181. The third kappa shape index (κ3) is 6.75. The Bertz CT molecular complexity index is 1480. The molecule has 2 N–H and O–H groups in total. The maximum atomic E-state index is 12.9.